The fourth-order valence-corrected chi connectivity index (χ4v) is 5.56. The molecule has 1 aromatic heterocycles. The van der Waals surface area contributed by atoms with Crippen molar-refractivity contribution in [3.63, 3.8) is 0 Å². The third kappa shape index (κ3) is 2.62. The summed E-state index contributed by atoms with van der Waals surface area (Å²) < 4.78 is 25.3. The first-order valence-corrected chi connectivity index (χ1v) is 9.56. The van der Waals surface area contributed by atoms with Gasteiger partial charge < -0.3 is 5.32 Å². The molecule has 3 heterocycles. The first-order chi connectivity index (χ1) is 9.45. The molecule has 2 unspecified atom stereocenters. The number of thiophene rings is 1. The van der Waals surface area contributed by atoms with Gasteiger partial charge in [0.05, 0.1) is 6.26 Å². The topological polar surface area (TPSA) is 66.5 Å². The Morgan fingerprint density at radius 3 is 2.50 bits per heavy atom. The summed E-state index contributed by atoms with van der Waals surface area (Å²) in [5.74, 6) is -0.0524. The molecule has 1 aromatic rings. The zero-order valence-corrected chi connectivity index (χ0v) is 12.9. The lowest BCUT2D eigenvalue weighted by Gasteiger charge is -2.37. The van der Waals surface area contributed by atoms with E-state index in [1.807, 2.05) is 10.8 Å². The number of nitrogens with zero attached hydrogens (tertiary/aromatic N) is 1. The molecule has 2 aliphatic rings. The van der Waals surface area contributed by atoms with E-state index in [0.29, 0.717) is 5.56 Å². The van der Waals surface area contributed by atoms with Gasteiger partial charge in [0.25, 0.3) is 5.91 Å². The number of piperidine rings is 1. The largest absolute Gasteiger partial charge is 0.349 e. The highest BCUT2D eigenvalue weighted by atomic mass is 32.2. The predicted molar refractivity (Wildman–Crippen MR) is 78.3 cm³/mol. The van der Waals surface area contributed by atoms with Gasteiger partial charge in [-0.15, -0.1) is 0 Å². The van der Waals surface area contributed by atoms with Gasteiger partial charge >= 0.3 is 0 Å². The van der Waals surface area contributed by atoms with Gasteiger partial charge in [-0.25, -0.2) is 8.42 Å². The number of sulfonamides is 1. The highest BCUT2D eigenvalue weighted by molar-refractivity contribution is 7.88. The normalized spacial score (nSPS) is 30.4. The van der Waals surface area contributed by atoms with Crippen molar-refractivity contribution in [2.24, 2.45) is 0 Å². The first-order valence-electron chi connectivity index (χ1n) is 6.76. The van der Waals surface area contributed by atoms with Gasteiger partial charge in [-0.05, 0) is 37.1 Å². The van der Waals surface area contributed by atoms with Gasteiger partial charge in [0.1, 0.15) is 0 Å². The summed E-state index contributed by atoms with van der Waals surface area (Å²) in [5, 5.41) is 6.75. The molecule has 2 atom stereocenters. The van der Waals surface area contributed by atoms with E-state index in [9.17, 15) is 13.2 Å². The van der Waals surface area contributed by atoms with Crippen LogP contribution in [0.3, 0.4) is 0 Å². The number of hydrogen-bond donors (Lipinski definition) is 1. The molecule has 0 saturated carbocycles. The highest BCUT2D eigenvalue weighted by Gasteiger charge is 2.45. The smallest absolute Gasteiger partial charge is 0.252 e. The summed E-state index contributed by atoms with van der Waals surface area (Å²) in [4.78, 5) is 12.0. The van der Waals surface area contributed by atoms with Crippen LogP contribution in [0.15, 0.2) is 16.8 Å². The summed E-state index contributed by atoms with van der Waals surface area (Å²) >= 11 is 1.50. The summed E-state index contributed by atoms with van der Waals surface area (Å²) in [5.41, 5.74) is 0.688. The Hall–Kier alpha value is -0.920. The van der Waals surface area contributed by atoms with Crippen LogP contribution < -0.4 is 5.32 Å². The molecular formula is C13H18N2O3S2. The van der Waals surface area contributed by atoms with E-state index < -0.39 is 10.0 Å². The number of nitrogens with one attached hydrogen (secondary N) is 1. The van der Waals surface area contributed by atoms with E-state index in [1.54, 1.807) is 10.4 Å². The minimum absolute atomic E-state index is 0.0523. The average molecular weight is 314 g/mol. The van der Waals surface area contributed by atoms with E-state index in [0.717, 1.165) is 25.7 Å². The summed E-state index contributed by atoms with van der Waals surface area (Å²) in [6.45, 7) is 0. The van der Waals surface area contributed by atoms with Gasteiger partial charge in [0, 0.05) is 29.1 Å². The molecule has 2 bridgehead atoms. The third-order valence-corrected chi connectivity index (χ3v) is 6.21. The lowest BCUT2D eigenvalue weighted by molar-refractivity contribution is 0.0910. The zero-order valence-electron chi connectivity index (χ0n) is 11.3. The Morgan fingerprint density at radius 1 is 1.35 bits per heavy atom. The van der Waals surface area contributed by atoms with Crippen LogP contribution in [0.5, 0.6) is 0 Å². The Labute approximate surface area is 123 Å². The van der Waals surface area contributed by atoms with E-state index in [-0.39, 0.29) is 24.0 Å². The quantitative estimate of drug-likeness (QED) is 0.918. The van der Waals surface area contributed by atoms with Crippen LogP contribution in [0.4, 0.5) is 0 Å². The Morgan fingerprint density at radius 2 is 2.00 bits per heavy atom. The van der Waals surface area contributed by atoms with Crippen molar-refractivity contribution in [2.45, 2.75) is 43.8 Å². The number of carbonyl (C=O) groups is 1. The number of hydrogen-bond acceptors (Lipinski definition) is 4. The molecule has 0 aliphatic carbocycles. The third-order valence-electron chi connectivity index (χ3n) is 4.17. The molecule has 2 fully saturated rings. The zero-order chi connectivity index (χ0) is 14.3. The lowest BCUT2D eigenvalue weighted by Crippen LogP contribution is -2.52. The molecule has 5 nitrogen and oxygen atoms in total. The SMILES string of the molecule is CS(=O)(=O)N1C2CCC1CC(NC(=O)c1ccsc1)C2. The standard InChI is InChI=1S/C13H18N2O3S2/c1-20(17,18)15-11-2-3-12(15)7-10(6-11)14-13(16)9-4-5-19-8-9/h4-5,8,10-12H,2-3,6-7H2,1H3,(H,14,16). The summed E-state index contributed by atoms with van der Waals surface area (Å²) in [6.07, 6.45) is 4.53. The maximum absolute atomic E-state index is 12.0. The first kappa shape index (κ1) is 14.0. The van der Waals surface area contributed by atoms with Gasteiger partial charge in [-0.1, -0.05) is 0 Å². The molecule has 7 heteroatoms. The van der Waals surface area contributed by atoms with Gasteiger partial charge in [0.2, 0.25) is 10.0 Å². The second-order valence-electron chi connectivity index (χ2n) is 5.63. The Bertz CT molecular complexity index is 583. The number of carbonyl (C=O) groups excluding carboxylic acids is 1. The second-order valence-corrected chi connectivity index (χ2v) is 8.30. The number of amides is 1. The van der Waals surface area contributed by atoms with Crippen LogP contribution in [0.25, 0.3) is 0 Å². The minimum Gasteiger partial charge on any atom is -0.349 e. The fourth-order valence-electron chi connectivity index (χ4n) is 3.46. The molecule has 1 N–H and O–H groups in total. The van der Waals surface area contributed by atoms with Crippen LogP contribution in [-0.4, -0.2) is 43.0 Å². The average Bonchev–Trinajstić information content (AvgIpc) is 2.96. The fraction of sp³-hybridized carbons (Fsp3) is 0.615. The molecule has 2 saturated heterocycles. The van der Waals surface area contributed by atoms with Crippen molar-refractivity contribution in [2.75, 3.05) is 6.26 Å². The molecule has 0 spiro atoms. The molecule has 0 aromatic carbocycles. The van der Waals surface area contributed by atoms with E-state index in [4.69, 9.17) is 0 Å². The van der Waals surface area contributed by atoms with Crippen LogP contribution >= 0.6 is 11.3 Å². The maximum Gasteiger partial charge on any atom is 0.252 e. The van der Waals surface area contributed by atoms with Crippen molar-refractivity contribution in [3.05, 3.63) is 22.4 Å². The molecular weight excluding hydrogens is 296 g/mol. The van der Waals surface area contributed by atoms with Crippen LogP contribution in [0.1, 0.15) is 36.0 Å². The van der Waals surface area contributed by atoms with Crippen molar-refractivity contribution in [1.82, 2.24) is 9.62 Å². The van der Waals surface area contributed by atoms with Crippen molar-refractivity contribution >= 4 is 27.3 Å². The van der Waals surface area contributed by atoms with E-state index >= 15 is 0 Å². The monoisotopic (exact) mass is 314 g/mol. The van der Waals surface area contributed by atoms with Crippen molar-refractivity contribution < 1.29 is 13.2 Å². The van der Waals surface area contributed by atoms with Crippen molar-refractivity contribution in [3.8, 4) is 0 Å². The van der Waals surface area contributed by atoms with Crippen LogP contribution in [-0.2, 0) is 10.0 Å². The summed E-state index contributed by atoms with van der Waals surface area (Å²) in [6, 6.07) is 1.99. The van der Waals surface area contributed by atoms with E-state index in [2.05, 4.69) is 5.32 Å². The molecule has 20 heavy (non-hydrogen) atoms. The Kier molecular flexibility index (Phi) is 3.60. The summed E-state index contributed by atoms with van der Waals surface area (Å²) in [7, 11) is -3.13. The molecule has 110 valence electrons. The molecule has 0 radical (unpaired) electrons. The lowest BCUT2D eigenvalue weighted by atomic mass is 9.99. The Balaban J connectivity index is 1.67. The van der Waals surface area contributed by atoms with Gasteiger partial charge in [0.15, 0.2) is 0 Å². The van der Waals surface area contributed by atoms with Gasteiger partial charge in [-0.3, -0.25) is 4.79 Å². The van der Waals surface area contributed by atoms with E-state index in [1.165, 1.54) is 17.6 Å². The van der Waals surface area contributed by atoms with Crippen LogP contribution in [0, 0.1) is 0 Å². The molecule has 1 amide bonds. The molecule has 3 rings (SSSR count). The van der Waals surface area contributed by atoms with Crippen LogP contribution in [0.2, 0.25) is 0 Å². The highest BCUT2D eigenvalue weighted by Crippen LogP contribution is 2.37. The minimum atomic E-state index is -3.13. The van der Waals surface area contributed by atoms with Gasteiger partial charge in [-0.2, -0.15) is 15.6 Å². The number of rotatable bonds is 3. The maximum atomic E-state index is 12.0. The molecule has 2 aliphatic heterocycles. The van der Waals surface area contributed by atoms with Crippen molar-refractivity contribution in [1.29, 1.82) is 0 Å². The predicted octanol–water partition coefficient (Wildman–Crippen LogP) is 1.43. The second kappa shape index (κ2) is 5.13. The number of fused-ring (bicyclic) bond motifs is 2.